The van der Waals surface area contributed by atoms with Crippen molar-refractivity contribution in [1.29, 1.82) is 0 Å². The van der Waals surface area contributed by atoms with E-state index in [0.29, 0.717) is 5.58 Å². The van der Waals surface area contributed by atoms with Crippen molar-refractivity contribution in [2.75, 3.05) is 7.05 Å². The first-order valence-electron chi connectivity index (χ1n) is 4.50. The number of hydrazine groups is 1. The van der Waals surface area contributed by atoms with E-state index in [9.17, 15) is 4.79 Å². The highest BCUT2D eigenvalue weighted by Crippen LogP contribution is 2.14. The number of amides is 1. The van der Waals surface area contributed by atoms with E-state index in [1.165, 1.54) is 13.4 Å². The van der Waals surface area contributed by atoms with Crippen LogP contribution >= 0.6 is 0 Å². The van der Waals surface area contributed by atoms with Crippen LogP contribution in [0, 0.1) is 0 Å². The van der Waals surface area contributed by atoms with Gasteiger partial charge in [0.15, 0.2) is 12.0 Å². The van der Waals surface area contributed by atoms with Gasteiger partial charge in [-0.05, 0) is 17.7 Å². The summed E-state index contributed by atoms with van der Waals surface area (Å²) in [5, 5.41) is 1.07. The average Bonchev–Trinajstić information content (AvgIpc) is 2.64. The number of aromatic nitrogens is 1. The molecule has 0 saturated heterocycles. The monoisotopic (exact) mass is 205 g/mol. The zero-order valence-electron chi connectivity index (χ0n) is 8.30. The Morgan fingerprint density at radius 3 is 3.13 bits per heavy atom. The lowest BCUT2D eigenvalue weighted by Gasteiger charge is -2.09. The maximum atomic E-state index is 11.3. The maximum absolute atomic E-state index is 11.3. The van der Waals surface area contributed by atoms with Gasteiger partial charge in [-0.25, -0.2) is 10.8 Å². The number of fused-ring (bicyclic) bond motifs is 1. The van der Waals surface area contributed by atoms with Crippen LogP contribution in [0.5, 0.6) is 0 Å². The van der Waals surface area contributed by atoms with Crippen molar-refractivity contribution in [2.45, 2.75) is 6.42 Å². The molecule has 0 aliphatic rings. The van der Waals surface area contributed by atoms with Crippen LogP contribution < -0.4 is 5.84 Å². The van der Waals surface area contributed by atoms with Crippen molar-refractivity contribution in [1.82, 2.24) is 9.99 Å². The van der Waals surface area contributed by atoms with Crippen LogP contribution in [-0.4, -0.2) is 22.9 Å². The minimum absolute atomic E-state index is 0.145. The van der Waals surface area contributed by atoms with Crippen molar-refractivity contribution in [3.05, 3.63) is 30.2 Å². The van der Waals surface area contributed by atoms with Gasteiger partial charge in [-0.3, -0.25) is 9.80 Å². The summed E-state index contributed by atoms with van der Waals surface area (Å²) in [6, 6.07) is 5.45. The predicted molar refractivity (Wildman–Crippen MR) is 54.7 cm³/mol. The standard InChI is InChI=1S/C10H11N3O2/c1-13(11)10(14)5-7-2-3-8-9(4-7)15-6-12-8/h2-4,6H,5,11H2,1H3. The van der Waals surface area contributed by atoms with E-state index >= 15 is 0 Å². The van der Waals surface area contributed by atoms with Crippen LogP contribution in [0.1, 0.15) is 5.56 Å². The molecule has 0 unspecified atom stereocenters. The number of carbonyl (C=O) groups excluding carboxylic acids is 1. The second kappa shape index (κ2) is 3.70. The van der Waals surface area contributed by atoms with E-state index in [4.69, 9.17) is 10.3 Å². The summed E-state index contributed by atoms with van der Waals surface area (Å²) >= 11 is 0. The summed E-state index contributed by atoms with van der Waals surface area (Å²) in [5.41, 5.74) is 2.33. The van der Waals surface area contributed by atoms with E-state index in [-0.39, 0.29) is 12.3 Å². The molecule has 5 heteroatoms. The Labute approximate surface area is 86.5 Å². The fourth-order valence-electron chi connectivity index (χ4n) is 1.31. The number of likely N-dealkylation sites (N-methyl/N-ethyl adjacent to an activating group) is 1. The Kier molecular flexibility index (Phi) is 2.39. The maximum Gasteiger partial charge on any atom is 0.240 e. The van der Waals surface area contributed by atoms with Gasteiger partial charge < -0.3 is 4.42 Å². The van der Waals surface area contributed by atoms with Crippen LogP contribution in [0.2, 0.25) is 0 Å². The number of nitrogens with two attached hydrogens (primary N) is 1. The van der Waals surface area contributed by atoms with Crippen molar-refractivity contribution in [3.8, 4) is 0 Å². The fourth-order valence-corrected chi connectivity index (χ4v) is 1.31. The molecule has 0 fully saturated rings. The van der Waals surface area contributed by atoms with Gasteiger partial charge >= 0.3 is 0 Å². The molecule has 0 saturated carbocycles. The zero-order chi connectivity index (χ0) is 10.8. The summed E-state index contributed by atoms with van der Waals surface area (Å²) in [5.74, 6) is 5.18. The molecule has 78 valence electrons. The minimum Gasteiger partial charge on any atom is -0.443 e. The molecule has 0 radical (unpaired) electrons. The first-order chi connectivity index (χ1) is 7.16. The van der Waals surface area contributed by atoms with Gasteiger partial charge in [0.25, 0.3) is 0 Å². The second-order valence-corrected chi connectivity index (χ2v) is 3.34. The number of benzene rings is 1. The van der Waals surface area contributed by atoms with Crippen molar-refractivity contribution >= 4 is 17.0 Å². The zero-order valence-corrected chi connectivity index (χ0v) is 8.30. The molecule has 2 N–H and O–H groups in total. The number of carbonyl (C=O) groups is 1. The third-order valence-corrected chi connectivity index (χ3v) is 2.14. The van der Waals surface area contributed by atoms with Crippen LogP contribution in [0.3, 0.4) is 0 Å². The quantitative estimate of drug-likeness (QED) is 0.445. The molecule has 1 amide bonds. The Morgan fingerprint density at radius 2 is 2.40 bits per heavy atom. The lowest BCUT2D eigenvalue weighted by Crippen LogP contribution is -2.34. The summed E-state index contributed by atoms with van der Waals surface area (Å²) in [6.45, 7) is 0. The number of nitrogens with zero attached hydrogens (tertiary/aromatic N) is 2. The Bertz CT molecular complexity index is 490. The van der Waals surface area contributed by atoms with E-state index in [2.05, 4.69) is 4.98 Å². The van der Waals surface area contributed by atoms with E-state index < -0.39 is 0 Å². The molecule has 0 bridgehead atoms. The summed E-state index contributed by atoms with van der Waals surface area (Å²) in [7, 11) is 1.52. The fraction of sp³-hybridized carbons (Fsp3) is 0.200. The van der Waals surface area contributed by atoms with Gasteiger partial charge in [-0.2, -0.15) is 0 Å². The third-order valence-electron chi connectivity index (χ3n) is 2.14. The summed E-state index contributed by atoms with van der Waals surface area (Å²) in [4.78, 5) is 15.3. The first-order valence-corrected chi connectivity index (χ1v) is 4.50. The van der Waals surface area contributed by atoms with Gasteiger partial charge in [0.2, 0.25) is 5.91 Å². The lowest BCUT2D eigenvalue weighted by molar-refractivity contribution is -0.129. The van der Waals surface area contributed by atoms with Crippen molar-refractivity contribution < 1.29 is 9.21 Å². The molecule has 1 aromatic heterocycles. The van der Waals surface area contributed by atoms with Crippen molar-refractivity contribution in [3.63, 3.8) is 0 Å². The molecule has 1 heterocycles. The topological polar surface area (TPSA) is 72.4 Å². The van der Waals surface area contributed by atoms with Gasteiger partial charge in [0.05, 0.1) is 6.42 Å². The predicted octanol–water partition coefficient (Wildman–Crippen LogP) is 0.702. The molecule has 0 aliphatic carbocycles. The van der Waals surface area contributed by atoms with Crippen LogP contribution in [0.4, 0.5) is 0 Å². The number of rotatable bonds is 2. The summed E-state index contributed by atoms with van der Waals surface area (Å²) in [6.07, 6.45) is 1.65. The molecule has 2 aromatic rings. The molecule has 2 rings (SSSR count). The molecule has 1 aromatic carbocycles. The minimum atomic E-state index is -0.145. The SMILES string of the molecule is CN(N)C(=O)Cc1ccc2ncoc2c1. The first kappa shape index (κ1) is 9.67. The second-order valence-electron chi connectivity index (χ2n) is 3.34. The Morgan fingerprint density at radius 1 is 1.60 bits per heavy atom. The van der Waals surface area contributed by atoms with Crippen LogP contribution in [0.15, 0.2) is 29.0 Å². The molecule has 0 atom stereocenters. The molecular weight excluding hydrogens is 194 g/mol. The highest BCUT2D eigenvalue weighted by molar-refractivity contribution is 5.80. The van der Waals surface area contributed by atoms with E-state index in [1.807, 2.05) is 12.1 Å². The Hall–Kier alpha value is -1.88. The molecular formula is C10H11N3O2. The van der Waals surface area contributed by atoms with Gasteiger partial charge in [-0.1, -0.05) is 6.07 Å². The number of oxazole rings is 1. The van der Waals surface area contributed by atoms with Gasteiger partial charge in [0, 0.05) is 7.05 Å². The largest absolute Gasteiger partial charge is 0.443 e. The number of hydrogen-bond acceptors (Lipinski definition) is 4. The van der Waals surface area contributed by atoms with E-state index in [1.54, 1.807) is 6.07 Å². The smallest absolute Gasteiger partial charge is 0.240 e. The molecule has 0 aliphatic heterocycles. The molecule has 15 heavy (non-hydrogen) atoms. The highest BCUT2D eigenvalue weighted by Gasteiger charge is 2.07. The Balaban J connectivity index is 2.25. The van der Waals surface area contributed by atoms with Gasteiger partial charge in [0.1, 0.15) is 5.52 Å². The normalized spacial score (nSPS) is 10.5. The average molecular weight is 205 g/mol. The van der Waals surface area contributed by atoms with Crippen LogP contribution in [0.25, 0.3) is 11.1 Å². The summed E-state index contributed by atoms with van der Waals surface area (Å²) < 4.78 is 5.13. The highest BCUT2D eigenvalue weighted by atomic mass is 16.3. The molecule has 5 nitrogen and oxygen atoms in total. The lowest BCUT2D eigenvalue weighted by atomic mass is 10.1. The van der Waals surface area contributed by atoms with Crippen molar-refractivity contribution in [2.24, 2.45) is 5.84 Å². The van der Waals surface area contributed by atoms with Gasteiger partial charge in [-0.15, -0.1) is 0 Å². The van der Waals surface area contributed by atoms with E-state index in [0.717, 1.165) is 16.1 Å². The van der Waals surface area contributed by atoms with Crippen LogP contribution in [-0.2, 0) is 11.2 Å². The molecule has 0 spiro atoms. The number of hydrogen-bond donors (Lipinski definition) is 1. The third kappa shape index (κ3) is 1.97.